The summed E-state index contributed by atoms with van der Waals surface area (Å²) in [5.41, 5.74) is 19.5. The van der Waals surface area contributed by atoms with Gasteiger partial charge in [0.05, 0.1) is 0 Å². The van der Waals surface area contributed by atoms with Gasteiger partial charge in [0.15, 0.2) is 0 Å². The second-order valence-electron chi connectivity index (χ2n) is 10.0. The fourth-order valence-electron chi connectivity index (χ4n) is 6.19. The number of allylic oxidation sites excluding steroid dienone is 2. The lowest BCUT2D eigenvalue weighted by Gasteiger charge is -2.24. The van der Waals surface area contributed by atoms with E-state index in [1.807, 2.05) is 0 Å². The SMILES string of the molecule is Cc1cc(C)c(C2=C(c3c(C)cc(C)cc3C)[SiH](c3c(C)cc(C)cc3C)C=C2)c(C)c1. The van der Waals surface area contributed by atoms with Crippen molar-refractivity contribution in [3.8, 4) is 0 Å². The predicted octanol–water partition coefficient (Wildman–Crippen LogP) is 7.16. The van der Waals surface area contributed by atoms with Crippen LogP contribution in [0.3, 0.4) is 0 Å². The van der Waals surface area contributed by atoms with Crippen LogP contribution in [0.5, 0.6) is 0 Å². The maximum absolute atomic E-state index is 2.58. The lowest BCUT2D eigenvalue weighted by atomic mass is 9.90. The highest BCUT2D eigenvalue weighted by Gasteiger charge is 2.31. The van der Waals surface area contributed by atoms with Gasteiger partial charge in [-0.05, 0) is 112 Å². The van der Waals surface area contributed by atoms with E-state index in [2.05, 4.69) is 110 Å². The summed E-state index contributed by atoms with van der Waals surface area (Å²) in [5.74, 6) is 0. The number of benzene rings is 3. The molecule has 0 N–H and O–H groups in total. The second kappa shape index (κ2) is 8.37. The summed E-state index contributed by atoms with van der Waals surface area (Å²) in [5, 5.41) is 3.20. The Kier molecular flexibility index (Phi) is 5.90. The summed E-state index contributed by atoms with van der Waals surface area (Å²) in [6, 6.07) is 14.1. The zero-order valence-corrected chi connectivity index (χ0v) is 22.4. The number of hydrogen-bond acceptors (Lipinski definition) is 0. The second-order valence-corrected chi connectivity index (χ2v) is 12.5. The molecule has 1 atom stereocenters. The van der Waals surface area contributed by atoms with E-state index in [0.29, 0.717) is 0 Å². The Labute approximate surface area is 196 Å². The molecule has 0 spiro atoms. The summed E-state index contributed by atoms with van der Waals surface area (Å²) in [6.07, 6.45) is 2.45. The smallest absolute Gasteiger partial charge is 0.0882 e. The van der Waals surface area contributed by atoms with E-state index >= 15 is 0 Å². The van der Waals surface area contributed by atoms with Crippen molar-refractivity contribution in [3.63, 3.8) is 0 Å². The monoisotopic (exact) mass is 436 g/mol. The Balaban J connectivity index is 2.09. The van der Waals surface area contributed by atoms with E-state index in [-0.39, 0.29) is 0 Å². The molecule has 164 valence electrons. The molecule has 3 aromatic carbocycles. The third-order valence-corrected chi connectivity index (χ3v) is 10.3. The minimum absolute atomic E-state index is 1.34. The van der Waals surface area contributed by atoms with Gasteiger partial charge in [-0.15, -0.1) is 0 Å². The third kappa shape index (κ3) is 3.84. The molecule has 4 rings (SSSR count). The molecule has 0 saturated carbocycles. The Hall–Kier alpha value is -2.64. The molecule has 1 unspecified atom stereocenters. The van der Waals surface area contributed by atoms with Crippen LogP contribution in [0.1, 0.15) is 61.2 Å². The van der Waals surface area contributed by atoms with Crippen LogP contribution < -0.4 is 5.19 Å². The number of hydrogen-bond donors (Lipinski definition) is 0. The molecule has 0 amide bonds. The third-order valence-electron chi connectivity index (χ3n) is 7.00. The molecule has 0 saturated heterocycles. The maximum Gasteiger partial charge on any atom is 0.127 e. The normalized spacial score (nSPS) is 15.7. The Morgan fingerprint density at radius 3 is 1.28 bits per heavy atom. The highest BCUT2D eigenvalue weighted by Crippen LogP contribution is 2.40. The van der Waals surface area contributed by atoms with E-state index in [1.165, 1.54) is 66.8 Å². The first kappa shape index (κ1) is 22.5. The highest BCUT2D eigenvalue weighted by atomic mass is 28.3. The first-order chi connectivity index (χ1) is 15.1. The van der Waals surface area contributed by atoms with Crippen molar-refractivity contribution in [2.75, 3.05) is 0 Å². The van der Waals surface area contributed by atoms with Gasteiger partial charge in [0.1, 0.15) is 8.80 Å². The van der Waals surface area contributed by atoms with E-state index in [4.69, 9.17) is 0 Å². The van der Waals surface area contributed by atoms with Gasteiger partial charge in [-0.3, -0.25) is 0 Å². The van der Waals surface area contributed by atoms with Crippen LogP contribution in [0.25, 0.3) is 10.8 Å². The molecule has 1 heteroatoms. The van der Waals surface area contributed by atoms with Crippen molar-refractivity contribution in [2.24, 2.45) is 0 Å². The molecule has 1 aliphatic heterocycles. The first-order valence-electron chi connectivity index (χ1n) is 11.7. The molecule has 0 bridgehead atoms. The van der Waals surface area contributed by atoms with Gasteiger partial charge < -0.3 is 0 Å². The van der Waals surface area contributed by atoms with Gasteiger partial charge in [-0.2, -0.15) is 0 Å². The van der Waals surface area contributed by atoms with E-state index in [9.17, 15) is 0 Å². The molecule has 0 radical (unpaired) electrons. The summed E-state index contributed by atoms with van der Waals surface area (Å²) < 4.78 is 0. The summed E-state index contributed by atoms with van der Waals surface area (Å²) in [4.78, 5) is 0. The van der Waals surface area contributed by atoms with E-state index < -0.39 is 8.80 Å². The van der Waals surface area contributed by atoms with Crippen molar-refractivity contribution in [3.05, 3.63) is 109 Å². The molecular formula is C31H36Si. The molecule has 0 fully saturated rings. The zero-order chi connectivity index (χ0) is 23.3. The largest absolute Gasteiger partial charge is 0.127 e. The van der Waals surface area contributed by atoms with Crippen molar-refractivity contribution in [2.45, 2.75) is 62.3 Å². The average molecular weight is 437 g/mol. The van der Waals surface area contributed by atoms with E-state index in [0.717, 1.165) is 0 Å². The molecule has 0 aromatic heterocycles. The average Bonchev–Trinajstić information content (AvgIpc) is 3.03. The molecule has 3 aromatic rings. The summed E-state index contributed by atoms with van der Waals surface area (Å²) in [7, 11) is -1.53. The van der Waals surface area contributed by atoms with Gasteiger partial charge >= 0.3 is 0 Å². The number of rotatable bonds is 3. The zero-order valence-electron chi connectivity index (χ0n) is 21.2. The van der Waals surface area contributed by atoms with Crippen LogP contribution in [0.4, 0.5) is 0 Å². The van der Waals surface area contributed by atoms with Crippen LogP contribution in [0.2, 0.25) is 0 Å². The van der Waals surface area contributed by atoms with Crippen LogP contribution in [-0.2, 0) is 0 Å². The van der Waals surface area contributed by atoms with E-state index in [1.54, 1.807) is 10.4 Å². The molecule has 0 aliphatic carbocycles. The Bertz CT molecular complexity index is 1230. The van der Waals surface area contributed by atoms with Gasteiger partial charge in [0.2, 0.25) is 0 Å². The molecule has 32 heavy (non-hydrogen) atoms. The van der Waals surface area contributed by atoms with Gasteiger partial charge in [-0.25, -0.2) is 0 Å². The first-order valence-corrected chi connectivity index (χ1v) is 13.6. The van der Waals surface area contributed by atoms with Crippen LogP contribution >= 0.6 is 0 Å². The number of aryl methyl sites for hydroxylation is 9. The van der Waals surface area contributed by atoms with Crippen LogP contribution in [-0.4, -0.2) is 8.80 Å². The Morgan fingerprint density at radius 2 is 0.844 bits per heavy atom. The highest BCUT2D eigenvalue weighted by molar-refractivity contribution is 6.97. The van der Waals surface area contributed by atoms with Gasteiger partial charge in [-0.1, -0.05) is 76.0 Å². The van der Waals surface area contributed by atoms with Crippen LogP contribution in [0, 0.1) is 62.3 Å². The van der Waals surface area contributed by atoms with Gasteiger partial charge in [0, 0.05) is 0 Å². The summed E-state index contributed by atoms with van der Waals surface area (Å²) in [6.45, 7) is 20.4. The van der Waals surface area contributed by atoms with Crippen molar-refractivity contribution < 1.29 is 0 Å². The van der Waals surface area contributed by atoms with Crippen LogP contribution in [0.15, 0.2) is 48.2 Å². The maximum atomic E-state index is 2.58. The molecule has 0 nitrogen and oxygen atoms in total. The quantitative estimate of drug-likeness (QED) is 0.382. The predicted molar refractivity (Wildman–Crippen MR) is 145 cm³/mol. The summed E-state index contributed by atoms with van der Waals surface area (Å²) >= 11 is 0. The lowest BCUT2D eigenvalue weighted by Crippen LogP contribution is -2.34. The molecule has 1 aliphatic rings. The topological polar surface area (TPSA) is 0 Å². The Morgan fingerprint density at radius 1 is 0.469 bits per heavy atom. The van der Waals surface area contributed by atoms with Gasteiger partial charge in [0.25, 0.3) is 0 Å². The fraction of sp³-hybridized carbons (Fsp3) is 0.290. The standard InChI is InChI=1S/C31H36Si/c1-18-12-21(4)28(22(5)13-18)27-10-11-32(30-25(8)16-20(3)17-26(30)9)31(27)29-23(6)14-19(2)15-24(29)7/h10-17,32H,1-9H3. The minimum atomic E-state index is -1.53. The van der Waals surface area contributed by atoms with Crippen molar-refractivity contribution in [1.82, 2.24) is 0 Å². The molecule has 1 heterocycles. The molecular weight excluding hydrogens is 400 g/mol. The lowest BCUT2D eigenvalue weighted by molar-refractivity contribution is 1.28. The van der Waals surface area contributed by atoms with Crippen molar-refractivity contribution in [1.29, 1.82) is 0 Å². The van der Waals surface area contributed by atoms with Crippen molar-refractivity contribution >= 4 is 24.8 Å². The fourth-order valence-corrected chi connectivity index (χ4v) is 9.73. The minimum Gasteiger partial charge on any atom is -0.0882 e.